The maximum Gasteiger partial charge on any atom is 0.273 e. The molecule has 0 spiro atoms. The quantitative estimate of drug-likeness (QED) is 0.785. The van der Waals surface area contributed by atoms with Gasteiger partial charge >= 0.3 is 0 Å². The van der Waals surface area contributed by atoms with Crippen LogP contribution in [-0.4, -0.2) is 17.8 Å². The van der Waals surface area contributed by atoms with E-state index in [4.69, 9.17) is 10.5 Å². The lowest BCUT2D eigenvalue weighted by atomic mass is 10.2. The second kappa shape index (κ2) is 4.28. The van der Waals surface area contributed by atoms with Gasteiger partial charge in [0.15, 0.2) is 0 Å². The largest absolute Gasteiger partial charge is 0.394 e. The van der Waals surface area contributed by atoms with Gasteiger partial charge in [-0.1, -0.05) is 0 Å². The van der Waals surface area contributed by atoms with Crippen molar-refractivity contribution in [2.75, 3.05) is 12.8 Å². The summed E-state index contributed by atoms with van der Waals surface area (Å²) in [6.45, 7) is 3.84. The molecule has 0 saturated heterocycles. The van der Waals surface area contributed by atoms with Gasteiger partial charge in [-0.25, -0.2) is 0 Å². The molecule has 1 rings (SSSR count). The van der Waals surface area contributed by atoms with E-state index in [-0.39, 0.29) is 23.4 Å². The van der Waals surface area contributed by atoms with Gasteiger partial charge in [0.1, 0.15) is 0 Å². The van der Waals surface area contributed by atoms with E-state index in [1.165, 1.54) is 0 Å². The maximum atomic E-state index is 11.6. The van der Waals surface area contributed by atoms with E-state index < -0.39 is 0 Å². The van der Waals surface area contributed by atoms with Gasteiger partial charge in [0.05, 0.1) is 17.8 Å². The Morgan fingerprint density at radius 3 is 2.71 bits per heavy atom. The fourth-order valence-corrected chi connectivity index (χ4v) is 1.27. The van der Waals surface area contributed by atoms with Crippen molar-refractivity contribution in [1.29, 1.82) is 0 Å². The third-order valence-corrected chi connectivity index (χ3v) is 2.49. The van der Waals surface area contributed by atoms with Crippen molar-refractivity contribution in [3.05, 3.63) is 28.7 Å². The number of aromatic nitrogens is 1. The van der Waals surface area contributed by atoms with Gasteiger partial charge in [-0.05, 0) is 26.0 Å². The number of hydrogen-bond acceptors (Lipinski definition) is 3. The molecule has 4 nitrogen and oxygen atoms in total. The fourth-order valence-electron chi connectivity index (χ4n) is 1.27. The molecule has 1 aromatic rings. The lowest BCUT2D eigenvalue weighted by Gasteiger charge is -2.21. The average Bonchev–Trinajstić information content (AvgIpc) is 2.20. The van der Waals surface area contributed by atoms with Gasteiger partial charge in [0.25, 0.3) is 5.56 Å². The van der Waals surface area contributed by atoms with Crippen molar-refractivity contribution in [2.24, 2.45) is 0 Å². The molecule has 0 aliphatic heterocycles. The predicted molar refractivity (Wildman–Crippen MR) is 56.3 cm³/mol. The van der Waals surface area contributed by atoms with Gasteiger partial charge in [0, 0.05) is 13.3 Å². The number of methoxy groups -OCH3 is 1. The standard InChI is InChI=1S/C10H16N2O2/c1-7(8(2)14-3)12-6-4-5-9(11)10(12)13/h4-8H,11H2,1-3H3. The van der Waals surface area contributed by atoms with E-state index in [2.05, 4.69) is 0 Å². The third kappa shape index (κ3) is 1.96. The van der Waals surface area contributed by atoms with Crippen molar-refractivity contribution in [1.82, 2.24) is 4.57 Å². The van der Waals surface area contributed by atoms with Gasteiger partial charge in [-0.15, -0.1) is 0 Å². The summed E-state index contributed by atoms with van der Waals surface area (Å²) in [5.41, 5.74) is 5.63. The third-order valence-electron chi connectivity index (χ3n) is 2.49. The van der Waals surface area contributed by atoms with Crippen LogP contribution in [-0.2, 0) is 4.74 Å². The summed E-state index contributed by atoms with van der Waals surface area (Å²) in [5.74, 6) is 0. The summed E-state index contributed by atoms with van der Waals surface area (Å²) < 4.78 is 6.75. The van der Waals surface area contributed by atoms with Crippen molar-refractivity contribution in [3.63, 3.8) is 0 Å². The number of nitrogens with two attached hydrogens (primary N) is 1. The molecule has 0 amide bonds. The molecular formula is C10H16N2O2. The first-order valence-electron chi connectivity index (χ1n) is 4.57. The van der Waals surface area contributed by atoms with Crippen LogP contribution in [0.1, 0.15) is 19.9 Å². The SMILES string of the molecule is COC(C)C(C)n1cccc(N)c1=O. The number of pyridine rings is 1. The molecule has 1 heterocycles. The summed E-state index contributed by atoms with van der Waals surface area (Å²) in [6.07, 6.45) is 1.70. The van der Waals surface area contributed by atoms with Crippen LogP contribution in [0, 0.1) is 0 Å². The van der Waals surface area contributed by atoms with Crippen molar-refractivity contribution < 1.29 is 4.74 Å². The first-order valence-corrected chi connectivity index (χ1v) is 4.57. The molecule has 2 N–H and O–H groups in total. The predicted octanol–water partition coefficient (Wildman–Crippen LogP) is 1.03. The Bertz CT molecular complexity index is 359. The normalized spacial score (nSPS) is 15.1. The minimum absolute atomic E-state index is 0.0176. The highest BCUT2D eigenvalue weighted by Crippen LogP contribution is 2.11. The number of nitrogens with zero attached hydrogens (tertiary/aromatic N) is 1. The Hall–Kier alpha value is -1.29. The van der Waals surface area contributed by atoms with Gasteiger partial charge in [-0.3, -0.25) is 4.79 Å². The zero-order valence-electron chi connectivity index (χ0n) is 8.73. The van der Waals surface area contributed by atoms with Crippen LogP contribution in [0.4, 0.5) is 5.69 Å². The van der Waals surface area contributed by atoms with E-state index in [0.29, 0.717) is 0 Å². The molecular weight excluding hydrogens is 180 g/mol. The van der Waals surface area contributed by atoms with Crippen LogP contribution in [0.15, 0.2) is 23.1 Å². The smallest absolute Gasteiger partial charge is 0.273 e. The summed E-state index contributed by atoms with van der Waals surface area (Å²) in [4.78, 5) is 11.6. The van der Waals surface area contributed by atoms with Gasteiger partial charge < -0.3 is 15.0 Å². The zero-order chi connectivity index (χ0) is 10.7. The molecule has 0 radical (unpaired) electrons. The minimum atomic E-state index is -0.163. The Kier molecular flexibility index (Phi) is 3.30. The van der Waals surface area contributed by atoms with Gasteiger partial charge in [-0.2, -0.15) is 0 Å². The second-order valence-electron chi connectivity index (χ2n) is 3.36. The lowest BCUT2D eigenvalue weighted by Crippen LogP contribution is -2.30. The summed E-state index contributed by atoms with van der Waals surface area (Å²) >= 11 is 0. The number of rotatable bonds is 3. The van der Waals surface area contributed by atoms with Crippen LogP contribution in [0.3, 0.4) is 0 Å². The van der Waals surface area contributed by atoms with Gasteiger partial charge in [0.2, 0.25) is 0 Å². The average molecular weight is 196 g/mol. The highest BCUT2D eigenvalue weighted by Gasteiger charge is 2.14. The van der Waals surface area contributed by atoms with Crippen molar-refractivity contribution in [3.8, 4) is 0 Å². The molecule has 2 unspecified atom stereocenters. The summed E-state index contributed by atoms with van der Waals surface area (Å²) in [5, 5.41) is 0. The second-order valence-corrected chi connectivity index (χ2v) is 3.36. The monoisotopic (exact) mass is 196 g/mol. The number of ether oxygens (including phenoxy) is 1. The summed E-state index contributed by atoms with van der Waals surface area (Å²) in [7, 11) is 1.62. The first kappa shape index (κ1) is 10.8. The lowest BCUT2D eigenvalue weighted by molar-refractivity contribution is 0.0765. The Labute approximate surface area is 83.3 Å². The highest BCUT2D eigenvalue weighted by molar-refractivity contribution is 5.33. The zero-order valence-corrected chi connectivity index (χ0v) is 8.73. The number of nitrogen functional groups attached to an aromatic ring is 1. The van der Waals surface area contributed by atoms with Crippen molar-refractivity contribution >= 4 is 5.69 Å². The number of hydrogen-bond donors (Lipinski definition) is 1. The number of anilines is 1. The van der Waals surface area contributed by atoms with E-state index >= 15 is 0 Å². The highest BCUT2D eigenvalue weighted by atomic mass is 16.5. The molecule has 0 aliphatic carbocycles. The molecule has 0 saturated carbocycles. The molecule has 78 valence electrons. The van der Waals surface area contributed by atoms with E-state index in [1.807, 2.05) is 13.8 Å². The first-order chi connectivity index (χ1) is 6.57. The molecule has 4 heteroatoms. The minimum Gasteiger partial charge on any atom is -0.394 e. The van der Waals surface area contributed by atoms with E-state index in [9.17, 15) is 4.79 Å². The molecule has 0 bridgehead atoms. The topological polar surface area (TPSA) is 57.2 Å². The Balaban J connectivity index is 3.07. The molecule has 0 fully saturated rings. The van der Waals surface area contributed by atoms with Crippen LogP contribution in [0.5, 0.6) is 0 Å². The Morgan fingerprint density at radius 1 is 1.50 bits per heavy atom. The molecule has 2 atom stereocenters. The van der Waals surface area contributed by atoms with E-state index in [0.717, 1.165) is 0 Å². The van der Waals surface area contributed by atoms with Crippen LogP contribution < -0.4 is 11.3 Å². The molecule has 0 aliphatic rings. The molecule has 0 aromatic carbocycles. The molecule has 14 heavy (non-hydrogen) atoms. The summed E-state index contributed by atoms with van der Waals surface area (Å²) in [6, 6.07) is 3.34. The van der Waals surface area contributed by atoms with E-state index in [1.54, 1.807) is 30.0 Å². The fraction of sp³-hybridized carbons (Fsp3) is 0.500. The van der Waals surface area contributed by atoms with Crippen LogP contribution >= 0.6 is 0 Å². The maximum absolute atomic E-state index is 11.6. The van der Waals surface area contributed by atoms with Crippen molar-refractivity contribution in [2.45, 2.75) is 26.0 Å². The Morgan fingerprint density at radius 2 is 2.14 bits per heavy atom. The van der Waals surface area contributed by atoms with Crippen LogP contribution in [0.2, 0.25) is 0 Å². The van der Waals surface area contributed by atoms with Crippen LogP contribution in [0.25, 0.3) is 0 Å². The molecule has 1 aromatic heterocycles.